The van der Waals surface area contributed by atoms with Crippen molar-refractivity contribution in [3.63, 3.8) is 0 Å². The van der Waals surface area contributed by atoms with E-state index in [-0.39, 0.29) is 40.6 Å². The molecular formula is C30H40O5. The minimum Gasteiger partial charge on any atom is -0.465 e. The lowest BCUT2D eigenvalue weighted by Gasteiger charge is -2.58. The van der Waals surface area contributed by atoms with E-state index < -0.39 is 0 Å². The van der Waals surface area contributed by atoms with Crippen LogP contribution in [0.4, 0.5) is 0 Å². The number of hydrogen-bond acceptors (Lipinski definition) is 5. The second-order valence-electron chi connectivity index (χ2n) is 12.3. The molecule has 3 fully saturated rings. The molecule has 0 spiro atoms. The van der Waals surface area contributed by atoms with Crippen molar-refractivity contribution < 1.29 is 23.9 Å². The third-order valence-electron chi connectivity index (χ3n) is 10.8. The minimum atomic E-state index is -0.216. The molecule has 35 heavy (non-hydrogen) atoms. The van der Waals surface area contributed by atoms with Gasteiger partial charge in [0.15, 0.2) is 5.78 Å². The second kappa shape index (κ2) is 8.74. The van der Waals surface area contributed by atoms with Gasteiger partial charge in [0, 0.05) is 29.7 Å². The average molecular weight is 481 g/mol. The van der Waals surface area contributed by atoms with Gasteiger partial charge in [0.2, 0.25) is 0 Å². The normalized spacial score (nSPS) is 41.4. The Labute approximate surface area is 209 Å². The largest absolute Gasteiger partial charge is 0.465 e. The van der Waals surface area contributed by atoms with E-state index in [2.05, 4.69) is 19.9 Å². The molecule has 0 bridgehead atoms. The molecule has 0 saturated heterocycles. The van der Waals surface area contributed by atoms with Crippen molar-refractivity contribution >= 4 is 17.7 Å². The fourth-order valence-electron chi connectivity index (χ4n) is 8.81. The number of rotatable bonds is 4. The molecule has 0 aromatic heterocycles. The maximum atomic E-state index is 12.5. The van der Waals surface area contributed by atoms with E-state index in [1.54, 1.807) is 6.08 Å². The van der Waals surface area contributed by atoms with Crippen LogP contribution in [-0.4, -0.2) is 30.4 Å². The van der Waals surface area contributed by atoms with E-state index in [0.717, 1.165) is 56.1 Å². The summed E-state index contributed by atoms with van der Waals surface area (Å²) in [7, 11) is 0. The molecule has 5 aliphatic rings. The Morgan fingerprint density at radius 2 is 1.94 bits per heavy atom. The number of carbonyl (C=O) groups excluding carboxylic acids is 3. The van der Waals surface area contributed by atoms with Gasteiger partial charge in [0.05, 0.1) is 6.61 Å². The molecule has 1 aliphatic heterocycles. The molecule has 0 N–H and O–H groups in total. The van der Waals surface area contributed by atoms with Crippen LogP contribution in [0.25, 0.3) is 0 Å². The first kappa shape index (κ1) is 24.5. The summed E-state index contributed by atoms with van der Waals surface area (Å²) in [6, 6.07) is 0. The Morgan fingerprint density at radius 3 is 2.66 bits per heavy atom. The quantitative estimate of drug-likeness (QED) is 0.480. The highest BCUT2D eigenvalue weighted by Crippen LogP contribution is 2.67. The van der Waals surface area contributed by atoms with E-state index in [0.29, 0.717) is 30.3 Å². The van der Waals surface area contributed by atoms with E-state index in [4.69, 9.17) is 9.47 Å². The van der Waals surface area contributed by atoms with Gasteiger partial charge in [-0.05, 0) is 94.1 Å². The van der Waals surface area contributed by atoms with Crippen molar-refractivity contribution in [1.82, 2.24) is 0 Å². The SMILES string of the molecule is CC(=O)OC[C@]12CC[C@H]3[C@@H](CCC4=CC(=O)C=C[C@@]43C)[C@@H]1CC[C@@H]2[C@H](C)C1CC(C)=C(C)C(=O)O1. The minimum absolute atomic E-state index is 0.0492. The smallest absolute Gasteiger partial charge is 0.333 e. The van der Waals surface area contributed by atoms with Crippen LogP contribution >= 0.6 is 0 Å². The number of ketones is 1. The second-order valence-corrected chi connectivity index (χ2v) is 12.3. The average Bonchev–Trinajstić information content (AvgIpc) is 3.20. The molecule has 5 heteroatoms. The van der Waals surface area contributed by atoms with Crippen LogP contribution in [0.15, 0.2) is 34.9 Å². The van der Waals surface area contributed by atoms with Gasteiger partial charge in [-0.3, -0.25) is 9.59 Å². The van der Waals surface area contributed by atoms with Crippen LogP contribution in [-0.2, 0) is 23.9 Å². The van der Waals surface area contributed by atoms with Gasteiger partial charge in [-0.2, -0.15) is 0 Å². The van der Waals surface area contributed by atoms with Gasteiger partial charge in [-0.25, -0.2) is 4.79 Å². The van der Waals surface area contributed by atoms with Crippen molar-refractivity contribution in [2.45, 2.75) is 85.7 Å². The third-order valence-corrected chi connectivity index (χ3v) is 10.8. The summed E-state index contributed by atoms with van der Waals surface area (Å²) in [6.45, 7) is 10.4. The number of carbonyl (C=O) groups is 3. The lowest BCUT2D eigenvalue weighted by molar-refractivity contribution is -0.159. The number of esters is 2. The standard InChI is InChI=1S/C30H40O5/c1-17-14-27(35-28(33)18(17)2)19(3)24-8-9-26-23-7-6-21-15-22(32)10-12-29(21,5)25(23)11-13-30(24,26)16-34-20(4)31/h10,12,15,19,23-27H,6-9,11,13-14,16H2,1-5H3/t19-,23+,24+,25-,26-,27?,29-,30-/m0/s1. The number of cyclic esters (lactones) is 1. The Bertz CT molecular complexity index is 1030. The van der Waals surface area contributed by atoms with Crippen LogP contribution in [0.5, 0.6) is 0 Å². The first-order valence-corrected chi connectivity index (χ1v) is 13.5. The highest BCUT2D eigenvalue weighted by Gasteiger charge is 2.62. The number of allylic oxidation sites excluding steroid dienone is 4. The molecule has 8 atom stereocenters. The molecule has 0 amide bonds. The van der Waals surface area contributed by atoms with Crippen LogP contribution < -0.4 is 0 Å². The first-order chi connectivity index (χ1) is 16.6. The van der Waals surface area contributed by atoms with Crippen LogP contribution in [0.1, 0.15) is 79.6 Å². The summed E-state index contributed by atoms with van der Waals surface area (Å²) in [5.74, 6) is 1.82. The van der Waals surface area contributed by atoms with Gasteiger partial charge in [-0.15, -0.1) is 0 Å². The Hall–Kier alpha value is -2.17. The van der Waals surface area contributed by atoms with Crippen LogP contribution in [0, 0.1) is 40.4 Å². The summed E-state index contributed by atoms with van der Waals surface area (Å²) < 4.78 is 11.8. The van der Waals surface area contributed by atoms with Crippen molar-refractivity contribution in [2.24, 2.45) is 40.4 Å². The summed E-state index contributed by atoms with van der Waals surface area (Å²) in [6.07, 6.45) is 12.9. The highest BCUT2D eigenvalue weighted by molar-refractivity contribution is 6.01. The van der Waals surface area contributed by atoms with Crippen molar-refractivity contribution in [3.8, 4) is 0 Å². The summed E-state index contributed by atoms with van der Waals surface area (Å²) in [5, 5.41) is 0. The summed E-state index contributed by atoms with van der Waals surface area (Å²) in [5.41, 5.74) is 3.05. The van der Waals surface area contributed by atoms with E-state index in [1.807, 2.05) is 19.9 Å². The van der Waals surface area contributed by atoms with Crippen molar-refractivity contribution in [2.75, 3.05) is 6.61 Å². The number of fused-ring (bicyclic) bond motifs is 5. The Morgan fingerprint density at radius 1 is 1.17 bits per heavy atom. The summed E-state index contributed by atoms with van der Waals surface area (Å²) >= 11 is 0. The summed E-state index contributed by atoms with van der Waals surface area (Å²) in [4.78, 5) is 36.6. The molecule has 5 nitrogen and oxygen atoms in total. The fourth-order valence-corrected chi connectivity index (χ4v) is 8.81. The predicted molar refractivity (Wildman–Crippen MR) is 133 cm³/mol. The molecule has 0 radical (unpaired) electrons. The van der Waals surface area contributed by atoms with Gasteiger partial charge in [-0.1, -0.05) is 31.1 Å². The van der Waals surface area contributed by atoms with Crippen molar-refractivity contribution in [3.05, 3.63) is 34.9 Å². The topological polar surface area (TPSA) is 69.7 Å². The van der Waals surface area contributed by atoms with E-state index >= 15 is 0 Å². The Balaban J connectivity index is 1.45. The molecule has 190 valence electrons. The third kappa shape index (κ3) is 3.84. The van der Waals surface area contributed by atoms with Crippen molar-refractivity contribution in [1.29, 1.82) is 0 Å². The van der Waals surface area contributed by atoms with Gasteiger partial charge in [0.1, 0.15) is 6.10 Å². The molecule has 4 aliphatic carbocycles. The number of ether oxygens (including phenoxy) is 2. The number of hydrogen-bond donors (Lipinski definition) is 0. The van der Waals surface area contributed by atoms with Gasteiger partial charge < -0.3 is 9.47 Å². The first-order valence-electron chi connectivity index (χ1n) is 13.5. The molecular weight excluding hydrogens is 440 g/mol. The zero-order valence-corrected chi connectivity index (χ0v) is 21.9. The lowest BCUT2D eigenvalue weighted by Crippen LogP contribution is -2.53. The highest BCUT2D eigenvalue weighted by atomic mass is 16.5. The Kier molecular flexibility index (Phi) is 6.12. The van der Waals surface area contributed by atoms with Crippen LogP contribution in [0.3, 0.4) is 0 Å². The zero-order valence-electron chi connectivity index (χ0n) is 21.9. The molecule has 0 aromatic carbocycles. The fraction of sp³-hybridized carbons (Fsp3) is 0.700. The predicted octanol–water partition coefficient (Wildman–Crippen LogP) is 5.74. The molecule has 1 unspecified atom stereocenters. The maximum absolute atomic E-state index is 12.5. The molecule has 5 rings (SSSR count). The van der Waals surface area contributed by atoms with Gasteiger partial charge >= 0.3 is 11.9 Å². The van der Waals surface area contributed by atoms with Gasteiger partial charge in [0.25, 0.3) is 0 Å². The monoisotopic (exact) mass is 480 g/mol. The lowest BCUT2D eigenvalue weighted by atomic mass is 9.47. The molecule has 1 heterocycles. The van der Waals surface area contributed by atoms with E-state index in [9.17, 15) is 14.4 Å². The molecule has 3 saturated carbocycles. The van der Waals surface area contributed by atoms with E-state index in [1.165, 1.54) is 12.5 Å². The molecule has 0 aromatic rings. The zero-order chi connectivity index (χ0) is 25.1. The van der Waals surface area contributed by atoms with Crippen LogP contribution in [0.2, 0.25) is 0 Å². The maximum Gasteiger partial charge on any atom is 0.333 e.